The maximum atomic E-state index is 12.3. The van der Waals surface area contributed by atoms with Crippen molar-refractivity contribution in [2.75, 3.05) is 0 Å². The highest BCUT2D eigenvalue weighted by Crippen LogP contribution is 2.28. The summed E-state index contributed by atoms with van der Waals surface area (Å²) in [4.78, 5) is 36.9. The van der Waals surface area contributed by atoms with Crippen molar-refractivity contribution in [3.05, 3.63) is 69.2 Å². The Balaban J connectivity index is 1.96. The van der Waals surface area contributed by atoms with E-state index >= 15 is 0 Å². The molecule has 0 fully saturated rings. The lowest BCUT2D eigenvalue weighted by atomic mass is 10.1. The molecule has 2 amide bonds. The Bertz CT molecular complexity index is 781. The number of rotatable bonds is 3. The van der Waals surface area contributed by atoms with Crippen molar-refractivity contribution in [1.29, 1.82) is 0 Å². The molecule has 6 heteroatoms. The zero-order chi connectivity index (χ0) is 15.9. The number of carbonyl (C=O) groups excluding carboxylic acids is 2. The second-order valence-corrected chi connectivity index (χ2v) is 5.62. The Morgan fingerprint density at radius 2 is 1.59 bits per heavy atom. The van der Waals surface area contributed by atoms with Gasteiger partial charge in [-0.1, -0.05) is 24.3 Å². The van der Waals surface area contributed by atoms with Crippen molar-refractivity contribution in [2.24, 2.45) is 0 Å². The van der Waals surface area contributed by atoms with Crippen LogP contribution in [0.1, 0.15) is 36.6 Å². The van der Waals surface area contributed by atoms with Gasteiger partial charge in [-0.3, -0.25) is 14.5 Å². The topological polar surface area (TPSA) is 74.7 Å². The van der Waals surface area contributed by atoms with Gasteiger partial charge >= 0.3 is 5.97 Å². The summed E-state index contributed by atoms with van der Waals surface area (Å²) in [5.41, 5.74) is 1.40. The average Bonchev–Trinajstić information content (AvgIpc) is 2.74. The predicted molar refractivity (Wildman–Crippen MR) is 81.7 cm³/mol. The third-order valence-corrected chi connectivity index (χ3v) is 4.45. The number of hydrogen-bond donors (Lipinski definition) is 1. The largest absolute Gasteiger partial charge is 0.478 e. The Kier molecular flexibility index (Phi) is 3.54. The Morgan fingerprint density at radius 1 is 1.00 bits per heavy atom. The third-order valence-electron chi connectivity index (χ3n) is 3.52. The van der Waals surface area contributed by atoms with Crippen LogP contribution in [0.3, 0.4) is 0 Å². The lowest BCUT2D eigenvalue weighted by Gasteiger charge is -2.15. The van der Waals surface area contributed by atoms with Crippen LogP contribution in [-0.2, 0) is 6.54 Å². The number of hydrogen-bond acceptors (Lipinski definition) is 3. The van der Waals surface area contributed by atoms with Crippen molar-refractivity contribution < 1.29 is 19.5 Å². The number of amides is 2. The minimum atomic E-state index is -1.07. The maximum absolute atomic E-state index is 12.3. The monoisotopic (exact) mass is 359 g/mol. The van der Waals surface area contributed by atoms with E-state index in [0.29, 0.717) is 21.2 Å². The van der Waals surface area contributed by atoms with Crippen molar-refractivity contribution in [1.82, 2.24) is 4.90 Å². The number of nitrogens with zero attached hydrogens (tertiary/aromatic N) is 1. The highest BCUT2D eigenvalue weighted by molar-refractivity contribution is 9.10. The molecule has 0 radical (unpaired) electrons. The van der Waals surface area contributed by atoms with Gasteiger partial charge in [0.25, 0.3) is 11.8 Å². The molecular weight excluding hydrogens is 350 g/mol. The Hall–Kier alpha value is -2.47. The number of benzene rings is 2. The van der Waals surface area contributed by atoms with Gasteiger partial charge in [0.05, 0.1) is 23.2 Å². The van der Waals surface area contributed by atoms with E-state index < -0.39 is 5.97 Å². The van der Waals surface area contributed by atoms with Crippen molar-refractivity contribution in [2.45, 2.75) is 6.54 Å². The normalized spacial score (nSPS) is 13.4. The number of halogens is 1. The first-order chi connectivity index (χ1) is 10.5. The molecule has 0 aromatic heterocycles. The van der Waals surface area contributed by atoms with Gasteiger partial charge in [0.2, 0.25) is 0 Å². The molecular formula is C16H10BrNO4. The van der Waals surface area contributed by atoms with Gasteiger partial charge < -0.3 is 5.11 Å². The van der Waals surface area contributed by atoms with E-state index in [1.807, 2.05) is 0 Å². The van der Waals surface area contributed by atoms with Crippen molar-refractivity contribution in [3.63, 3.8) is 0 Å². The summed E-state index contributed by atoms with van der Waals surface area (Å²) in [5.74, 6) is -1.81. The predicted octanol–water partition coefficient (Wildman–Crippen LogP) is 2.94. The third kappa shape index (κ3) is 2.21. The van der Waals surface area contributed by atoms with Crippen LogP contribution in [0.25, 0.3) is 0 Å². The molecule has 22 heavy (non-hydrogen) atoms. The van der Waals surface area contributed by atoms with Crippen LogP contribution >= 0.6 is 15.9 Å². The second kappa shape index (κ2) is 5.38. The Labute approximate surface area is 134 Å². The number of carboxylic acid groups (broad SMARTS) is 1. The lowest BCUT2D eigenvalue weighted by molar-refractivity contribution is 0.0641. The van der Waals surface area contributed by atoms with Gasteiger partial charge in [-0.25, -0.2) is 4.79 Å². The summed E-state index contributed by atoms with van der Waals surface area (Å²) in [7, 11) is 0. The number of carbonyl (C=O) groups is 3. The molecule has 0 spiro atoms. The van der Waals surface area contributed by atoms with Gasteiger partial charge in [-0.2, -0.15) is 0 Å². The maximum Gasteiger partial charge on any atom is 0.336 e. The van der Waals surface area contributed by atoms with E-state index in [1.165, 1.54) is 6.07 Å². The van der Waals surface area contributed by atoms with Crippen LogP contribution in [0.4, 0.5) is 0 Å². The zero-order valence-corrected chi connectivity index (χ0v) is 12.8. The summed E-state index contributed by atoms with van der Waals surface area (Å²) in [6, 6.07) is 11.3. The van der Waals surface area contributed by atoms with Gasteiger partial charge in [0.1, 0.15) is 0 Å². The fourth-order valence-corrected chi connectivity index (χ4v) is 2.98. The number of aromatic carboxylic acids is 1. The van der Waals surface area contributed by atoms with Gasteiger partial charge in [0, 0.05) is 4.47 Å². The average molecular weight is 360 g/mol. The molecule has 1 aliphatic heterocycles. The molecule has 1 N–H and O–H groups in total. The number of imide groups is 1. The first kappa shape index (κ1) is 14.5. The summed E-state index contributed by atoms with van der Waals surface area (Å²) < 4.78 is 0.374. The van der Waals surface area contributed by atoms with E-state index in [0.717, 1.165) is 4.90 Å². The molecule has 1 heterocycles. The summed E-state index contributed by atoms with van der Waals surface area (Å²) >= 11 is 3.23. The Morgan fingerprint density at radius 3 is 2.14 bits per heavy atom. The van der Waals surface area contributed by atoms with Crippen LogP contribution < -0.4 is 0 Å². The first-order valence-corrected chi connectivity index (χ1v) is 7.26. The molecule has 110 valence electrons. The molecule has 0 atom stereocenters. The molecule has 5 nitrogen and oxygen atoms in total. The van der Waals surface area contributed by atoms with Crippen LogP contribution in [0.15, 0.2) is 46.9 Å². The molecule has 0 unspecified atom stereocenters. The minimum absolute atomic E-state index is 0.0219. The molecule has 0 saturated carbocycles. The molecule has 0 bridgehead atoms. The summed E-state index contributed by atoms with van der Waals surface area (Å²) in [6.45, 7) is 0.0219. The van der Waals surface area contributed by atoms with Gasteiger partial charge in [-0.05, 0) is 39.7 Å². The summed E-state index contributed by atoms with van der Waals surface area (Å²) in [5, 5.41) is 9.12. The van der Waals surface area contributed by atoms with E-state index in [9.17, 15) is 14.4 Å². The number of carboxylic acids is 1. The van der Waals surface area contributed by atoms with E-state index in [1.54, 1.807) is 36.4 Å². The van der Waals surface area contributed by atoms with Crippen LogP contribution in [0.2, 0.25) is 0 Å². The van der Waals surface area contributed by atoms with E-state index in [2.05, 4.69) is 15.9 Å². The van der Waals surface area contributed by atoms with Gasteiger partial charge in [0.15, 0.2) is 0 Å². The van der Waals surface area contributed by atoms with E-state index in [-0.39, 0.29) is 23.9 Å². The van der Waals surface area contributed by atoms with Crippen molar-refractivity contribution >= 4 is 33.7 Å². The quantitative estimate of drug-likeness (QED) is 0.854. The minimum Gasteiger partial charge on any atom is -0.478 e. The SMILES string of the molecule is O=C(O)c1cccc(CN2C(=O)c3ccccc3C2=O)c1Br. The fraction of sp³-hybridized carbons (Fsp3) is 0.0625. The highest BCUT2D eigenvalue weighted by atomic mass is 79.9. The van der Waals surface area contributed by atoms with Crippen LogP contribution in [0.5, 0.6) is 0 Å². The van der Waals surface area contributed by atoms with Gasteiger partial charge in [-0.15, -0.1) is 0 Å². The molecule has 0 saturated heterocycles. The van der Waals surface area contributed by atoms with E-state index in [4.69, 9.17) is 5.11 Å². The highest BCUT2D eigenvalue weighted by Gasteiger charge is 2.35. The summed E-state index contributed by atoms with van der Waals surface area (Å²) in [6.07, 6.45) is 0. The fourth-order valence-electron chi connectivity index (χ4n) is 2.42. The molecule has 3 rings (SSSR count). The lowest BCUT2D eigenvalue weighted by Crippen LogP contribution is -2.29. The smallest absolute Gasteiger partial charge is 0.336 e. The standard InChI is InChI=1S/C16H10BrNO4/c17-13-9(4-3-7-12(13)16(21)22)8-18-14(19)10-5-1-2-6-11(10)15(18)20/h1-7H,8H2,(H,21,22). The molecule has 0 aliphatic carbocycles. The van der Waals surface area contributed by atoms with Crippen LogP contribution in [-0.4, -0.2) is 27.8 Å². The molecule has 2 aromatic rings. The second-order valence-electron chi connectivity index (χ2n) is 4.83. The first-order valence-electron chi connectivity index (χ1n) is 6.46. The molecule has 2 aromatic carbocycles. The van der Waals surface area contributed by atoms with Crippen LogP contribution in [0, 0.1) is 0 Å². The van der Waals surface area contributed by atoms with Crippen molar-refractivity contribution in [3.8, 4) is 0 Å². The number of fused-ring (bicyclic) bond motifs is 1. The molecule has 1 aliphatic rings. The zero-order valence-electron chi connectivity index (χ0n) is 11.2.